The molecular weight excluding hydrogens is 512 g/mol. The number of benzene rings is 2. The highest BCUT2D eigenvalue weighted by Gasteiger charge is 2.73. The standard InChI is InChI=1S/C32H33ClN2O4/c1-2-17-38-25-11-8-22-18-26-32(34-27(37)12-7-20-5-9-23(33)10-6-20)14-13-24(36)30-31(32,28(22)29(25)39-30)15-16-35(26)19-21-3-4-21/h2,5-12,21,26,30H,1,3-4,13-19H2,(H,34,37)/b12-7+/t26-,30+,31+,32-/m1/s1. The van der Waals surface area contributed by atoms with Crippen molar-refractivity contribution in [3.63, 3.8) is 0 Å². The van der Waals surface area contributed by atoms with Crippen molar-refractivity contribution >= 4 is 29.4 Å². The Bertz CT molecular complexity index is 1380. The number of rotatable bonds is 8. The number of ether oxygens (including phenoxy) is 2. The van der Waals surface area contributed by atoms with Crippen molar-refractivity contribution in [1.82, 2.24) is 10.2 Å². The predicted molar refractivity (Wildman–Crippen MR) is 150 cm³/mol. The summed E-state index contributed by atoms with van der Waals surface area (Å²) in [6.45, 7) is 6.07. The van der Waals surface area contributed by atoms with Gasteiger partial charge in [-0.2, -0.15) is 0 Å². The number of nitrogens with zero attached hydrogens (tertiary/aromatic N) is 1. The number of hydrogen-bond donors (Lipinski definition) is 1. The lowest BCUT2D eigenvalue weighted by Crippen LogP contribution is -2.81. The second-order valence-corrected chi connectivity index (χ2v) is 12.2. The first-order valence-electron chi connectivity index (χ1n) is 14.0. The van der Waals surface area contributed by atoms with Gasteiger partial charge in [0.2, 0.25) is 5.91 Å². The van der Waals surface area contributed by atoms with Crippen molar-refractivity contribution in [2.45, 2.75) is 61.6 Å². The third-order valence-electron chi connectivity index (χ3n) is 9.60. The smallest absolute Gasteiger partial charge is 0.244 e. The largest absolute Gasteiger partial charge is 0.486 e. The van der Waals surface area contributed by atoms with Gasteiger partial charge in [0, 0.05) is 35.7 Å². The first kappa shape index (κ1) is 24.9. The molecule has 1 spiro atoms. The van der Waals surface area contributed by atoms with Gasteiger partial charge in [-0.05, 0) is 80.0 Å². The SMILES string of the molecule is C=CCOc1ccc2c3c1O[C@H]1C(=O)CC[C@@]4(NC(=O)/C=C/c5ccc(Cl)cc5)[C@@H](C2)N(CC2CC2)CC[C@]314. The third-order valence-corrected chi connectivity index (χ3v) is 9.85. The molecule has 1 saturated heterocycles. The highest BCUT2D eigenvalue weighted by Crippen LogP contribution is 2.65. The van der Waals surface area contributed by atoms with Gasteiger partial charge in [-0.3, -0.25) is 14.5 Å². The van der Waals surface area contributed by atoms with E-state index in [2.05, 4.69) is 22.9 Å². The molecule has 0 aromatic heterocycles. The van der Waals surface area contributed by atoms with Gasteiger partial charge >= 0.3 is 0 Å². The fourth-order valence-corrected chi connectivity index (χ4v) is 7.95. The van der Waals surface area contributed by atoms with Gasteiger partial charge in [-0.25, -0.2) is 0 Å². The molecule has 2 saturated carbocycles. The van der Waals surface area contributed by atoms with Gasteiger partial charge in [-0.15, -0.1) is 0 Å². The van der Waals surface area contributed by atoms with Gasteiger partial charge in [0.15, 0.2) is 23.4 Å². The monoisotopic (exact) mass is 544 g/mol. The van der Waals surface area contributed by atoms with Crippen molar-refractivity contribution in [2.24, 2.45) is 5.92 Å². The van der Waals surface area contributed by atoms with Gasteiger partial charge in [0.25, 0.3) is 0 Å². The number of carbonyl (C=O) groups excluding carboxylic acids is 2. The second-order valence-electron chi connectivity index (χ2n) is 11.7. The van der Waals surface area contributed by atoms with Crippen molar-refractivity contribution < 1.29 is 19.1 Å². The summed E-state index contributed by atoms with van der Waals surface area (Å²) in [7, 11) is 0. The topological polar surface area (TPSA) is 67.9 Å². The molecule has 0 radical (unpaired) electrons. The van der Waals surface area contributed by atoms with Crippen LogP contribution in [0.15, 0.2) is 55.1 Å². The number of piperidine rings is 1. The molecule has 7 rings (SSSR count). The van der Waals surface area contributed by atoms with Crippen molar-refractivity contribution in [1.29, 1.82) is 0 Å². The molecule has 202 valence electrons. The summed E-state index contributed by atoms with van der Waals surface area (Å²) in [6, 6.07) is 11.6. The Balaban J connectivity index is 1.33. The lowest BCUT2D eigenvalue weighted by atomic mass is 9.47. The molecule has 2 aliphatic heterocycles. The zero-order valence-electron chi connectivity index (χ0n) is 22.0. The van der Waals surface area contributed by atoms with Crippen LogP contribution in [0, 0.1) is 5.92 Å². The minimum absolute atomic E-state index is 0.0947. The number of halogens is 1. The molecule has 3 aliphatic carbocycles. The number of amides is 1. The molecular formula is C32H33ClN2O4. The van der Waals surface area contributed by atoms with Crippen LogP contribution in [-0.4, -0.2) is 54.0 Å². The summed E-state index contributed by atoms with van der Waals surface area (Å²) in [5, 5.41) is 4.20. The maximum Gasteiger partial charge on any atom is 0.244 e. The summed E-state index contributed by atoms with van der Waals surface area (Å²) >= 11 is 6.04. The van der Waals surface area contributed by atoms with E-state index in [1.807, 2.05) is 36.4 Å². The zero-order chi connectivity index (χ0) is 26.8. The van der Waals surface area contributed by atoms with Gasteiger partial charge < -0.3 is 14.8 Å². The molecule has 3 fully saturated rings. The predicted octanol–water partition coefficient (Wildman–Crippen LogP) is 4.88. The molecule has 7 heteroatoms. The summed E-state index contributed by atoms with van der Waals surface area (Å²) < 4.78 is 12.6. The number of nitrogens with one attached hydrogen (secondary N) is 1. The first-order valence-corrected chi connectivity index (χ1v) is 14.4. The fraction of sp³-hybridized carbons (Fsp3) is 0.438. The Morgan fingerprint density at radius 2 is 2.03 bits per heavy atom. The lowest BCUT2D eigenvalue weighted by Gasteiger charge is -2.65. The van der Waals surface area contributed by atoms with Crippen LogP contribution in [0.25, 0.3) is 6.08 Å². The number of likely N-dealkylation sites (tertiary alicyclic amines) is 1. The van der Waals surface area contributed by atoms with Crippen LogP contribution in [0.5, 0.6) is 11.5 Å². The van der Waals surface area contributed by atoms with Crippen LogP contribution in [0.1, 0.15) is 48.8 Å². The number of Topliss-reactive ketones (excluding diaryl/α,β-unsaturated/α-hetero) is 1. The normalized spacial score (nSPS) is 30.5. The van der Waals surface area contributed by atoms with Gasteiger partial charge in [-0.1, -0.05) is 42.5 Å². The quantitative estimate of drug-likeness (QED) is 0.379. The summed E-state index contributed by atoms with van der Waals surface area (Å²) in [5.74, 6) is 2.02. The molecule has 6 nitrogen and oxygen atoms in total. The molecule has 4 atom stereocenters. The summed E-state index contributed by atoms with van der Waals surface area (Å²) in [6.07, 6.45) is 9.61. The zero-order valence-corrected chi connectivity index (χ0v) is 22.7. The number of ketones is 1. The Kier molecular flexibility index (Phi) is 5.90. The molecule has 1 amide bonds. The van der Waals surface area contributed by atoms with Crippen LogP contribution in [0.2, 0.25) is 5.02 Å². The second kappa shape index (κ2) is 9.24. The van der Waals surface area contributed by atoms with E-state index in [1.54, 1.807) is 12.2 Å². The highest BCUT2D eigenvalue weighted by atomic mass is 35.5. The van der Waals surface area contributed by atoms with E-state index in [9.17, 15) is 9.59 Å². The van der Waals surface area contributed by atoms with E-state index in [0.717, 1.165) is 43.0 Å². The number of hydrogen-bond acceptors (Lipinski definition) is 5. The maximum absolute atomic E-state index is 13.7. The van der Waals surface area contributed by atoms with E-state index in [0.29, 0.717) is 36.0 Å². The van der Waals surface area contributed by atoms with Crippen molar-refractivity contribution in [3.05, 3.63) is 76.8 Å². The first-order chi connectivity index (χ1) is 18.9. The Hall–Kier alpha value is -3.09. The van der Waals surface area contributed by atoms with Crippen molar-refractivity contribution in [3.8, 4) is 11.5 Å². The van der Waals surface area contributed by atoms with E-state index < -0.39 is 17.1 Å². The fourth-order valence-electron chi connectivity index (χ4n) is 7.82. The summed E-state index contributed by atoms with van der Waals surface area (Å²) in [4.78, 5) is 29.8. The molecule has 2 aromatic rings. The van der Waals surface area contributed by atoms with Crippen LogP contribution < -0.4 is 14.8 Å². The lowest BCUT2D eigenvalue weighted by molar-refractivity contribution is -0.148. The third kappa shape index (κ3) is 3.79. The average molecular weight is 545 g/mol. The molecule has 2 bridgehead atoms. The molecule has 0 unspecified atom stereocenters. The summed E-state index contributed by atoms with van der Waals surface area (Å²) in [5.41, 5.74) is 1.96. The van der Waals surface area contributed by atoms with Crippen molar-refractivity contribution in [2.75, 3.05) is 19.7 Å². The van der Waals surface area contributed by atoms with E-state index in [1.165, 1.54) is 18.4 Å². The molecule has 5 aliphatic rings. The minimum atomic E-state index is -0.625. The Morgan fingerprint density at radius 1 is 1.21 bits per heavy atom. The van der Waals surface area contributed by atoms with Crippen LogP contribution in [0.4, 0.5) is 0 Å². The Labute approximate surface area is 234 Å². The molecule has 2 heterocycles. The van der Waals surface area contributed by atoms with E-state index in [-0.39, 0.29) is 17.7 Å². The Morgan fingerprint density at radius 3 is 2.79 bits per heavy atom. The van der Waals surface area contributed by atoms with E-state index in [4.69, 9.17) is 21.1 Å². The van der Waals surface area contributed by atoms with Crippen LogP contribution >= 0.6 is 11.6 Å². The van der Waals surface area contributed by atoms with Gasteiger partial charge in [0.1, 0.15) is 6.61 Å². The molecule has 39 heavy (non-hydrogen) atoms. The maximum atomic E-state index is 13.7. The van der Waals surface area contributed by atoms with E-state index >= 15 is 0 Å². The van der Waals surface area contributed by atoms with Gasteiger partial charge in [0.05, 0.1) is 11.0 Å². The molecule has 1 N–H and O–H groups in total. The van der Waals surface area contributed by atoms with Crippen LogP contribution in [-0.2, 0) is 21.4 Å². The molecule has 2 aromatic carbocycles. The average Bonchev–Trinajstić information content (AvgIpc) is 3.68. The number of carbonyl (C=O) groups is 2. The van der Waals surface area contributed by atoms with Crippen LogP contribution in [0.3, 0.4) is 0 Å². The minimum Gasteiger partial charge on any atom is -0.486 e. The highest BCUT2D eigenvalue weighted by molar-refractivity contribution is 6.30.